The topological polar surface area (TPSA) is 27.7 Å². The third kappa shape index (κ3) is 3.30. The van der Waals surface area contributed by atoms with Gasteiger partial charge in [0.25, 0.3) is 0 Å². The summed E-state index contributed by atoms with van der Waals surface area (Å²) in [4.78, 5) is 0. The number of rotatable bonds is 7. The highest BCUT2D eigenvalue weighted by atomic mass is 16.7. The average Bonchev–Trinajstić information content (AvgIpc) is 2.60. The highest BCUT2D eigenvalue weighted by Crippen LogP contribution is 2.61. The molecule has 0 unspecified atom stereocenters. The molecule has 134 valence electrons. The van der Waals surface area contributed by atoms with Crippen LogP contribution in [0.5, 0.6) is 5.75 Å². The summed E-state index contributed by atoms with van der Waals surface area (Å²) in [7, 11) is 1.67. The SMILES string of the molecule is C#Cc1ccc(OCOCCOC)c(C23CC4CC(CC(C4)C2)C3)c1. The molecule has 1 aromatic carbocycles. The molecule has 1 aromatic rings. The van der Waals surface area contributed by atoms with Crippen LogP contribution in [0.25, 0.3) is 0 Å². The van der Waals surface area contributed by atoms with Gasteiger partial charge in [0.15, 0.2) is 6.79 Å². The summed E-state index contributed by atoms with van der Waals surface area (Å²) in [5, 5.41) is 0. The second kappa shape index (κ2) is 7.02. The maximum Gasteiger partial charge on any atom is 0.189 e. The molecule has 4 fully saturated rings. The van der Waals surface area contributed by atoms with E-state index in [2.05, 4.69) is 12.0 Å². The first kappa shape index (κ1) is 16.9. The summed E-state index contributed by atoms with van der Waals surface area (Å²) < 4.78 is 16.6. The van der Waals surface area contributed by atoms with E-state index in [0.29, 0.717) is 13.2 Å². The minimum absolute atomic E-state index is 0.262. The highest BCUT2D eigenvalue weighted by Gasteiger charge is 2.52. The van der Waals surface area contributed by atoms with Gasteiger partial charge in [-0.05, 0) is 79.9 Å². The van der Waals surface area contributed by atoms with Crippen molar-refractivity contribution in [2.45, 2.75) is 43.9 Å². The van der Waals surface area contributed by atoms with Crippen molar-refractivity contribution in [3.8, 4) is 18.1 Å². The van der Waals surface area contributed by atoms with Crippen molar-refractivity contribution >= 4 is 0 Å². The Kier molecular flexibility index (Phi) is 4.75. The van der Waals surface area contributed by atoms with Gasteiger partial charge in [-0.2, -0.15) is 0 Å². The molecule has 0 amide bonds. The zero-order valence-electron chi connectivity index (χ0n) is 15.1. The normalized spacial score (nSPS) is 32.6. The first-order chi connectivity index (χ1) is 12.2. The molecule has 0 spiro atoms. The monoisotopic (exact) mass is 340 g/mol. The van der Waals surface area contributed by atoms with Crippen LogP contribution < -0.4 is 4.74 Å². The van der Waals surface area contributed by atoms with Gasteiger partial charge in [0.05, 0.1) is 13.2 Å². The molecule has 0 heterocycles. The highest BCUT2D eigenvalue weighted by molar-refractivity contribution is 5.48. The fourth-order valence-corrected chi connectivity index (χ4v) is 5.91. The molecular weight excluding hydrogens is 312 g/mol. The van der Waals surface area contributed by atoms with E-state index < -0.39 is 0 Å². The Bertz CT molecular complexity index is 622. The lowest BCUT2D eigenvalue weighted by Crippen LogP contribution is -2.48. The largest absolute Gasteiger partial charge is 0.467 e. The van der Waals surface area contributed by atoms with Crippen molar-refractivity contribution in [2.75, 3.05) is 27.1 Å². The second-order valence-corrected chi connectivity index (χ2v) is 8.22. The Morgan fingerprint density at radius 3 is 2.36 bits per heavy atom. The van der Waals surface area contributed by atoms with Crippen molar-refractivity contribution in [1.29, 1.82) is 0 Å². The predicted molar refractivity (Wildman–Crippen MR) is 97.6 cm³/mol. The lowest BCUT2D eigenvalue weighted by atomic mass is 9.48. The maximum atomic E-state index is 6.03. The number of terminal acetylenes is 1. The minimum atomic E-state index is 0.262. The van der Waals surface area contributed by atoms with E-state index in [4.69, 9.17) is 20.6 Å². The van der Waals surface area contributed by atoms with E-state index in [9.17, 15) is 0 Å². The van der Waals surface area contributed by atoms with Gasteiger partial charge < -0.3 is 14.2 Å². The van der Waals surface area contributed by atoms with Crippen LogP contribution >= 0.6 is 0 Å². The van der Waals surface area contributed by atoms with E-state index in [1.807, 2.05) is 12.1 Å². The van der Waals surface area contributed by atoms with Crippen LogP contribution in [0, 0.1) is 30.1 Å². The maximum absolute atomic E-state index is 6.03. The Hall–Kier alpha value is -1.50. The third-order valence-corrected chi connectivity index (χ3v) is 6.49. The lowest BCUT2D eigenvalue weighted by molar-refractivity contribution is -0.0189. The van der Waals surface area contributed by atoms with Gasteiger partial charge >= 0.3 is 0 Å². The predicted octanol–water partition coefficient (Wildman–Crippen LogP) is 4.14. The van der Waals surface area contributed by atoms with Gasteiger partial charge in [0.1, 0.15) is 5.75 Å². The van der Waals surface area contributed by atoms with Crippen LogP contribution in [0.2, 0.25) is 0 Å². The molecule has 3 nitrogen and oxygen atoms in total. The Morgan fingerprint density at radius 1 is 1.08 bits per heavy atom. The molecule has 0 N–H and O–H groups in total. The van der Waals surface area contributed by atoms with Gasteiger partial charge in [-0.3, -0.25) is 0 Å². The zero-order chi connectivity index (χ0) is 17.3. The van der Waals surface area contributed by atoms with E-state index in [-0.39, 0.29) is 12.2 Å². The van der Waals surface area contributed by atoms with Gasteiger partial charge in [-0.1, -0.05) is 5.92 Å². The smallest absolute Gasteiger partial charge is 0.189 e. The molecule has 0 aromatic heterocycles. The molecule has 4 bridgehead atoms. The Labute approximate surface area is 151 Å². The van der Waals surface area contributed by atoms with Crippen molar-refractivity contribution in [2.24, 2.45) is 17.8 Å². The van der Waals surface area contributed by atoms with Gasteiger partial charge in [-0.25, -0.2) is 0 Å². The molecule has 0 radical (unpaired) electrons. The van der Waals surface area contributed by atoms with Crippen LogP contribution in [0.4, 0.5) is 0 Å². The summed E-state index contributed by atoms with van der Waals surface area (Å²) in [6.45, 7) is 1.39. The second-order valence-electron chi connectivity index (χ2n) is 8.22. The van der Waals surface area contributed by atoms with Gasteiger partial charge in [0.2, 0.25) is 0 Å². The number of benzene rings is 1. The summed E-state index contributed by atoms with van der Waals surface area (Å²) in [5.41, 5.74) is 2.56. The molecule has 4 aliphatic rings. The summed E-state index contributed by atoms with van der Waals surface area (Å²) in [5.74, 6) is 6.45. The summed E-state index contributed by atoms with van der Waals surface area (Å²) in [6.07, 6.45) is 13.9. The fraction of sp³-hybridized carbons (Fsp3) is 0.636. The summed E-state index contributed by atoms with van der Waals surface area (Å²) in [6, 6.07) is 6.23. The van der Waals surface area contributed by atoms with Crippen LogP contribution in [0.1, 0.15) is 49.7 Å². The molecule has 0 aliphatic heterocycles. The number of hydrogen-bond acceptors (Lipinski definition) is 3. The van der Waals surface area contributed by atoms with E-state index >= 15 is 0 Å². The lowest BCUT2D eigenvalue weighted by Gasteiger charge is -2.57. The number of methoxy groups -OCH3 is 1. The Morgan fingerprint density at radius 2 is 1.76 bits per heavy atom. The molecule has 0 atom stereocenters. The van der Waals surface area contributed by atoms with E-state index in [0.717, 1.165) is 29.1 Å². The minimum Gasteiger partial charge on any atom is -0.467 e. The van der Waals surface area contributed by atoms with Crippen molar-refractivity contribution < 1.29 is 14.2 Å². The molecule has 4 saturated carbocycles. The van der Waals surface area contributed by atoms with Crippen LogP contribution in [0.3, 0.4) is 0 Å². The molecule has 3 heteroatoms. The van der Waals surface area contributed by atoms with Crippen LogP contribution in [-0.4, -0.2) is 27.1 Å². The van der Waals surface area contributed by atoms with Crippen molar-refractivity contribution in [3.63, 3.8) is 0 Å². The van der Waals surface area contributed by atoms with E-state index in [1.54, 1.807) is 7.11 Å². The standard InChI is InChI=1S/C22H28O3/c1-3-16-4-5-21(25-15-24-7-6-23-2)20(11-16)22-12-17-8-18(13-22)10-19(9-17)14-22/h1,4-5,11,17-19H,6-10,12-15H2,2H3. The summed E-state index contributed by atoms with van der Waals surface area (Å²) >= 11 is 0. The zero-order valence-corrected chi connectivity index (χ0v) is 15.1. The van der Waals surface area contributed by atoms with Crippen LogP contribution in [-0.2, 0) is 14.9 Å². The fourth-order valence-electron chi connectivity index (χ4n) is 5.91. The number of hydrogen-bond donors (Lipinski definition) is 0. The van der Waals surface area contributed by atoms with Gasteiger partial charge in [-0.15, -0.1) is 6.42 Å². The first-order valence-corrected chi connectivity index (χ1v) is 9.53. The van der Waals surface area contributed by atoms with Crippen molar-refractivity contribution in [1.82, 2.24) is 0 Å². The quantitative estimate of drug-likeness (QED) is 0.424. The molecule has 25 heavy (non-hydrogen) atoms. The molecule has 0 saturated heterocycles. The Balaban J connectivity index is 1.58. The molecule has 4 aliphatic carbocycles. The van der Waals surface area contributed by atoms with E-state index in [1.165, 1.54) is 44.1 Å². The third-order valence-electron chi connectivity index (χ3n) is 6.49. The van der Waals surface area contributed by atoms with Crippen LogP contribution in [0.15, 0.2) is 18.2 Å². The molecule has 5 rings (SSSR count). The first-order valence-electron chi connectivity index (χ1n) is 9.53. The molecular formula is C22H28O3. The van der Waals surface area contributed by atoms with Gasteiger partial charge in [0, 0.05) is 18.2 Å². The average molecular weight is 340 g/mol. The van der Waals surface area contributed by atoms with Crippen molar-refractivity contribution in [3.05, 3.63) is 29.3 Å². The number of ether oxygens (including phenoxy) is 3.